The molecule has 0 aliphatic carbocycles. The van der Waals surface area contributed by atoms with Gasteiger partial charge in [-0.05, 0) is 50.1 Å². The maximum atomic E-state index is 13.0. The van der Waals surface area contributed by atoms with Crippen molar-refractivity contribution in [3.63, 3.8) is 0 Å². The second kappa shape index (κ2) is 10.0. The van der Waals surface area contributed by atoms with Crippen LogP contribution in [0.15, 0.2) is 41.5 Å². The molecule has 3 rings (SSSR count). The number of rotatable bonds is 6. The highest BCUT2D eigenvalue weighted by molar-refractivity contribution is 14.0. The number of nitrogens with one attached hydrogen (secondary N) is 2. The van der Waals surface area contributed by atoms with Crippen molar-refractivity contribution in [2.45, 2.75) is 31.8 Å². The second-order valence-corrected chi connectivity index (χ2v) is 6.73. The fraction of sp³-hybridized carbons (Fsp3) is 0.474. The molecule has 1 aromatic heterocycles. The van der Waals surface area contributed by atoms with Gasteiger partial charge in [0.2, 0.25) is 0 Å². The van der Waals surface area contributed by atoms with Crippen molar-refractivity contribution in [3.05, 3.63) is 48.0 Å². The zero-order chi connectivity index (χ0) is 18.4. The number of nitrogens with zero attached hydrogens (tertiary/aromatic N) is 3. The summed E-state index contributed by atoms with van der Waals surface area (Å²) in [6.07, 6.45) is 4.83. The van der Waals surface area contributed by atoms with Crippen molar-refractivity contribution < 1.29 is 9.13 Å². The molecule has 1 saturated heterocycles. The van der Waals surface area contributed by atoms with Gasteiger partial charge in [0.15, 0.2) is 5.96 Å². The standard InChI is InChI=1S/C19H26FN5O.HI/c1-19(10-3-13-26-19)14-23-18(21-2)22-11-8-16-9-12-25(24-16)17-6-4-15(20)5-7-17;/h4-7,9,12H,3,8,10-11,13-14H2,1-2H3,(H2,21,22,23);1H. The average molecular weight is 487 g/mol. The van der Waals surface area contributed by atoms with Crippen molar-refractivity contribution in [3.8, 4) is 5.69 Å². The lowest BCUT2D eigenvalue weighted by molar-refractivity contribution is 0.0243. The van der Waals surface area contributed by atoms with E-state index >= 15 is 0 Å². The summed E-state index contributed by atoms with van der Waals surface area (Å²) in [5.41, 5.74) is 1.70. The van der Waals surface area contributed by atoms with Crippen molar-refractivity contribution in [2.75, 3.05) is 26.7 Å². The third kappa shape index (κ3) is 6.17. The number of hydrogen-bond acceptors (Lipinski definition) is 3. The van der Waals surface area contributed by atoms with Crippen molar-refractivity contribution >= 4 is 29.9 Å². The first-order valence-corrected chi connectivity index (χ1v) is 8.97. The molecule has 148 valence electrons. The third-order valence-electron chi connectivity index (χ3n) is 4.56. The molecule has 6 nitrogen and oxygen atoms in total. The van der Waals surface area contributed by atoms with Crippen LogP contribution < -0.4 is 10.6 Å². The first-order chi connectivity index (χ1) is 12.6. The minimum absolute atomic E-state index is 0. The van der Waals surface area contributed by atoms with Crippen molar-refractivity contribution in [1.82, 2.24) is 20.4 Å². The smallest absolute Gasteiger partial charge is 0.191 e. The molecule has 0 saturated carbocycles. The summed E-state index contributed by atoms with van der Waals surface area (Å²) in [5, 5.41) is 11.2. The van der Waals surface area contributed by atoms with E-state index in [9.17, 15) is 4.39 Å². The third-order valence-corrected chi connectivity index (χ3v) is 4.56. The Labute approximate surface area is 176 Å². The molecule has 2 aromatic rings. The molecule has 2 N–H and O–H groups in total. The summed E-state index contributed by atoms with van der Waals surface area (Å²) < 4.78 is 20.5. The first kappa shape index (κ1) is 21.6. The molecule has 1 atom stereocenters. The number of halogens is 2. The van der Waals surface area contributed by atoms with E-state index in [1.165, 1.54) is 12.1 Å². The Balaban J connectivity index is 0.00000261. The van der Waals surface area contributed by atoms with Gasteiger partial charge >= 0.3 is 0 Å². The van der Waals surface area contributed by atoms with Crippen LogP contribution in [0.5, 0.6) is 0 Å². The average Bonchev–Trinajstić information content (AvgIpc) is 3.28. The first-order valence-electron chi connectivity index (χ1n) is 8.97. The number of ether oxygens (including phenoxy) is 1. The molecule has 1 aliphatic rings. The van der Waals surface area contributed by atoms with Crippen molar-refractivity contribution in [1.29, 1.82) is 0 Å². The molecule has 1 unspecified atom stereocenters. The summed E-state index contributed by atoms with van der Waals surface area (Å²) in [7, 11) is 1.76. The topological polar surface area (TPSA) is 63.5 Å². The predicted octanol–water partition coefficient (Wildman–Crippen LogP) is 2.91. The normalized spacial score (nSPS) is 19.6. The van der Waals surface area contributed by atoms with Gasteiger partial charge in [-0.1, -0.05) is 0 Å². The SMILES string of the molecule is CN=C(NCCc1ccn(-c2ccc(F)cc2)n1)NCC1(C)CCCO1.I. The maximum Gasteiger partial charge on any atom is 0.191 e. The van der Waals surface area contributed by atoms with Crippen LogP contribution in [0.1, 0.15) is 25.5 Å². The highest BCUT2D eigenvalue weighted by Gasteiger charge is 2.29. The molecule has 0 spiro atoms. The molecule has 8 heteroatoms. The van der Waals surface area contributed by atoms with E-state index in [0.717, 1.165) is 56.3 Å². The van der Waals surface area contributed by atoms with Crippen LogP contribution in [0.25, 0.3) is 5.69 Å². The second-order valence-electron chi connectivity index (χ2n) is 6.73. The van der Waals surface area contributed by atoms with Gasteiger partial charge in [-0.15, -0.1) is 24.0 Å². The van der Waals surface area contributed by atoms with Gasteiger partial charge in [-0.25, -0.2) is 9.07 Å². The van der Waals surface area contributed by atoms with E-state index in [1.807, 2.05) is 12.3 Å². The number of benzene rings is 1. The molecular formula is C19H27FIN5O. The molecule has 2 heterocycles. The van der Waals surface area contributed by atoms with E-state index in [4.69, 9.17) is 4.74 Å². The van der Waals surface area contributed by atoms with Crippen LogP contribution >= 0.6 is 24.0 Å². The lowest BCUT2D eigenvalue weighted by Crippen LogP contribution is -2.45. The van der Waals surface area contributed by atoms with Gasteiger partial charge in [0.1, 0.15) is 5.82 Å². The van der Waals surface area contributed by atoms with Gasteiger partial charge in [-0.3, -0.25) is 4.99 Å². The van der Waals surface area contributed by atoms with Crippen molar-refractivity contribution in [2.24, 2.45) is 4.99 Å². The number of aliphatic imine (C=N–C) groups is 1. The van der Waals surface area contributed by atoms with Gasteiger partial charge in [-0.2, -0.15) is 5.10 Å². The van der Waals surface area contributed by atoms with Crippen LogP contribution in [0.2, 0.25) is 0 Å². The Kier molecular flexibility index (Phi) is 8.03. The quantitative estimate of drug-likeness (QED) is 0.374. The minimum atomic E-state index is -0.249. The van der Waals surface area contributed by atoms with E-state index in [-0.39, 0.29) is 35.4 Å². The zero-order valence-electron chi connectivity index (χ0n) is 15.7. The summed E-state index contributed by atoms with van der Waals surface area (Å²) in [6, 6.07) is 8.25. The minimum Gasteiger partial charge on any atom is -0.373 e. The van der Waals surface area contributed by atoms with E-state index < -0.39 is 0 Å². The Morgan fingerprint density at radius 1 is 1.30 bits per heavy atom. The summed E-state index contributed by atoms with van der Waals surface area (Å²) in [6.45, 7) is 4.42. The summed E-state index contributed by atoms with van der Waals surface area (Å²) >= 11 is 0. The lowest BCUT2D eigenvalue weighted by Gasteiger charge is -2.24. The highest BCUT2D eigenvalue weighted by atomic mass is 127. The van der Waals surface area contributed by atoms with E-state index in [1.54, 1.807) is 23.9 Å². The fourth-order valence-electron chi connectivity index (χ4n) is 3.01. The summed E-state index contributed by atoms with van der Waals surface area (Å²) in [4.78, 5) is 4.25. The van der Waals surface area contributed by atoms with Gasteiger partial charge in [0.25, 0.3) is 0 Å². The Morgan fingerprint density at radius 3 is 2.74 bits per heavy atom. The Bertz CT molecular complexity index is 741. The molecule has 0 bridgehead atoms. The molecular weight excluding hydrogens is 460 g/mol. The fourth-order valence-corrected chi connectivity index (χ4v) is 3.01. The molecule has 27 heavy (non-hydrogen) atoms. The monoisotopic (exact) mass is 487 g/mol. The molecule has 0 amide bonds. The maximum absolute atomic E-state index is 13.0. The number of aromatic nitrogens is 2. The highest BCUT2D eigenvalue weighted by Crippen LogP contribution is 2.23. The van der Waals surface area contributed by atoms with Crippen LogP contribution in [0, 0.1) is 5.82 Å². The number of guanidine groups is 1. The van der Waals surface area contributed by atoms with E-state index in [2.05, 4.69) is 27.6 Å². The zero-order valence-corrected chi connectivity index (χ0v) is 18.1. The molecule has 1 aliphatic heterocycles. The van der Waals surface area contributed by atoms with Crippen LogP contribution in [-0.4, -0.2) is 48.1 Å². The van der Waals surface area contributed by atoms with Gasteiger partial charge in [0, 0.05) is 39.4 Å². The Morgan fingerprint density at radius 2 is 2.07 bits per heavy atom. The van der Waals surface area contributed by atoms with Gasteiger partial charge < -0.3 is 15.4 Å². The lowest BCUT2D eigenvalue weighted by atomic mass is 10.0. The van der Waals surface area contributed by atoms with Crippen LogP contribution in [0.4, 0.5) is 4.39 Å². The number of hydrogen-bond donors (Lipinski definition) is 2. The largest absolute Gasteiger partial charge is 0.373 e. The van der Waals surface area contributed by atoms with Crippen LogP contribution in [-0.2, 0) is 11.2 Å². The molecule has 1 aromatic carbocycles. The van der Waals surface area contributed by atoms with Gasteiger partial charge in [0.05, 0.1) is 17.0 Å². The Hall–Kier alpha value is -1.68. The van der Waals surface area contributed by atoms with Crippen LogP contribution in [0.3, 0.4) is 0 Å². The predicted molar refractivity (Wildman–Crippen MR) is 116 cm³/mol. The van der Waals surface area contributed by atoms with E-state index in [0.29, 0.717) is 0 Å². The molecule has 1 fully saturated rings. The molecule has 0 radical (unpaired) electrons. The summed E-state index contributed by atoms with van der Waals surface area (Å²) in [5.74, 6) is 0.515.